The highest BCUT2D eigenvalue weighted by Crippen LogP contribution is 2.53. The lowest BCUT2D eigenvalue weighted by Crippen LogP contribution is -2.65. The van der Waals surface area contributed by atoms with E-state index >= 15 is 4.39 Å². The molecule has 254 valence electrons. The van der Waals surface area contributed by atoms with Crippen LogP contribution in [0.2, 0.25) is 0 Å². The molecule has 2 N–H and O–H groups in total. The van der Waals surface area contributed by atoms with E-state index in [1.54, 1.807) is 0 Å². The summed E-state index contributed by atoms with van der Waals surface area (Å²) in [5, 5.41) is 9.19. The molecule has 8 rings (SSSR count). The maximum atomic E-state index is 16.8. The molecule has 0 spiro atoms. The number of morpholine rings is 1. The predicted molar refractivity (Wildman–Crippen MR) is 177 cm³/mol. The Kier molecular flexibility index (Phi) is 7.70. The number of thioether (sulfide) groups is 1. The molecule has 4 atom stereocenters. The minimum absolute atomic E-state index is 0.0164. The SMILES string of the molecule is CN(CC1(N(C)C)CCC1)c1nc(OCC2(CN3C4COCC3C4)CC2)nc2c(F)c(C3=CC(F)=C(F)C4SC(N)=C(C#N)C34)ncc12. The van der Waals surface area contributed by atoms with E-state index in [9.17, 15) is 14.0 Å². The van der Waals surface area contributed by atoms with Crippen molar-refractivity contribution < 1.29 is 22.6 Å². The molecule has 48 heavy (non-hydrogen) atoms. The molecule has 14 heteroatoms. The number of halogens is 3. The second kappa shape index (κ2) is 11.6. The van der Waals surface area contributed by atoms with Crippen molar-refractivity contribution in [3.63, 3.8) is 0 Å². The monoisotopic (exact) mass is 680 g/mol. The number of hydrogen-bond donors (Lipinski definition) is 1. The lowest BCUT2D eigenvalue weighted by Gasteiger charge is -2.53. The van der Waals surface area contributed by atoms with Gasteiger partial charge < -0.3 is 25.0 Å². The third kappa shape index (κ3) is 5.07. The van der Waals surface area contributed by atoms with Gasteiger partial charge in [0.05, 0.1) is 47.1 Å². The minimum atomic E-state index is -1.14. The second-order valence-electron chi connectivity index (χ2n) is 14.6. The lowest BCUT2D eigenvalue weighted by atomic mass is 9.75. The van der Waals surface area contributed by atoms with Crippen molar-refractivity contribution in [3.05, 3.63) is 46.0 Å². The zero-order valence-corrected chi connectivity index (χ0v) is 28.1. The number of nitrogens with two attached hydrogens (primary N) is 1. The van der Waals surface area contributed by atoms with E-state index in [1.807, 2.05) is 18.0 Å². The number of nitrogens with zero attached hydrogens (tertiary/aromatic N) is 7. The largest absolute Gasteiger partial charge is 0.463 e. The Bertz CT molecular complexity index is 1800. The summed E-state index contributed by atoms with van der Waals surface area (Å²) in [6, 6.07) is 2.99. The van der Waals surface area contributed by atoms with Crippen molar-refractivity contribution >= 4 is 34.1 Å². The van der Waals surface area contributed by atoms with Crippen molar-refractivity contribution in [1.82, 2.24) is 24.8 Å². The predicted octanol–water partition coefficient (Wildman–Crippen LogP) is 4.69. The van der Waals surface area contributed by atoms with Crippen molar-refractivity contribution in [2.24, 2.45) is 17.1 Å². The van der Waals surface area contributed by atoms with Gasteiger partial charge in [-0.25, -0.2) is 13.2 Å². The first-order chi connectivity index (χ1) is 23.0. The summed E-state index contributed by atoms with van der Waals surface area (Å²) < 4.78 is 58.6. The van der Waals surface area contributed by atoms with Gasteiger partial charge in [-0.05, 0) is 64.3 Å². The number of ether oxygens (including phenoxy) is 2. The van der Waals surface area contributed by atoms with Crippen LogP contribution in [0.5, 0.6) is 6.01 Å². The van der Waals surface area contributed by atoms with E-state index in [0.717, 1.165) is 69.7 Å². The number of hydrogen-bond acceptors (Lipinski definition) is 11. The van der Waals surface area contributed by atoms with E-state index in [-0.39, 0.29) is 44.4 Å². The number of allylic oxidation sites excluding steroid dienone is 4. The molecule has 3 aliphatic heterocycles. The second-order valence-corrected chi connectivity index (χ2v) is 15.8. The van der Waals surface area contributed by atoms with E-state index in [2.05, 4.69) is 33.9 Å². The highest BCUT2D eigenvalue weighted by atomic mass is 32.2. The molecule has 4 unspecified atom stereocenters. The number of rotatable bonds is 10. The highest BCUT2D eigenvalue weighted by molar-refractivity contribution is 8.04. The summed E-state index contributed by atoms with van der Waals surface area (Å²) >= 11 is 0.860. The molecule has 0 amide bonds. The summed E-state index contributed by atoms with van der Waals surface area (Å²) in [5.74, 6) is -3.49. The third-order valence-corrected chi connectivity index (χ3v) is 12.7. The average molecular weight is 681 g/mol. The Balaban J connectivity index is 1.17. The fourth-order valence-electron chi connectivity index (χ4n) is 8.09. The summed E-state index contributed by atoms with van der Waals surface area (Å²) in [5.41, 5.74) is 5.83. The van der Waals surface area contributed by atoms with Crippen molar-refractivity contribution in [2.45, 2.75) is 61.4 Å². The molecule has 3 aliphatic carbocycles. The lowest BCUT2D eigenvalue weighted by molar-refractivity contribution is -0.135. The van der Waals surface area contributed by atoms with Crippen LogP contribution in [-0.4, -0.2) is 102 Å². The summed E-state index contributed by atoms with van der Waals surface area (Å²) in [7, 11) is 6.06. The smallest absolute Gasteiger partial charge is 0.319 e. The first-order valence-corrected chi connectivity index (χ1v) is 17.5. The Morgan fingerprint density at radius 3 is 2.52 bits per heavy atom. The zero-order chi connectivity index (χ0) is 33.5. The van der Waals surface area contributed by atoms with Gasteiger partial charge >= 0.3 is 6.01 Å². The fraction of sp³-hybridized carbons (Fsp3) is 0.588. The number of pyridine rings is 1. The first kappa shape index (κ1) is 31.9. The zero-order valence-electron chi connectivity index (χ0n) is 27.3. The fourth-order valence-corrected chi connectivity index (χ4v) is 9.30. The molecule has 10 nitrogen and oxygen atoms in total. The molecule has 2 bridgehead atoms. The normalized spacial score (nSPS) is 28.5. The molecular formula is C34H39F3N8O2S. The van der Waals surface area contributed by atoms with Crippen LogP contribution in [-0.2, 0) is 4.74 Å². The Labute approximate surface area is 281 Å². The van der Waals surface area contributed by atoms with Crippen LogP contribution < -0.4 is 15.4 Å². The molecule has 6 aliphatic rings. The first-order valence-electron chi connectivity index (χ1n) is 16.6. The van der Waals surface area contributed by atoms with E-state index < -0.39 is 28.6 Å². The quantitative estimate of drug-likeness (QED) is 0.377. The van der Waals surface area contributed by atoms with Crippen LogP contribution in [0.25, 0.3) is 16.5 Å². The maximum absolute atomic E-state index is 16.8. The highest BCUT2D eigenvalue weighted by Gasteiger charge is 2.52. The summed E-state index contributed by atoms with van der Waals surface area (Å²) in [6.07, 6.45) is 8.81. The molecule has 2 saturated carbocycles. The minimum Gasteiger partial charge on any atom is -0.463 e. The van der Waals surface area contributed by atoms with Crippen molar-refractivity contribution in [1.29, 1.82) is 5.26 Å². The number of nitriles is 1. The Hall–Kier alpha value is -3.38. The molecule has 4 fully saturated rings. The summed E-state index contributed by atoms with van der Waals surface area (Å²) in [6.45, 7) is 3.50. The van der Waals surface area contributed by atoms with Gasteiger partial charge in [0, 0.05) is 55.3 Å². The topological polar surface area (TPSA) is 117 Å². The van der Waals surface area contributed by atoms with Crippen molar-refractivity contribution in [2.75, 3.05) is 59.0 Å². The standard InChI is InChI=1S/C34H39F3N8O2S/c1-43(2)34(5-4-6-34)16-44(3)31-22-12-40-27(20-10-23(35)25(36)29-24(20)21(11-38)30(39)48-29)26(37)28(22)41-32(42-31)47-17-33(7-8-33)15-45-18-9-19(45)14-46-13-18/h10,12,18-19,24,29H,4-9,13-17,39H2,1-3H3. The Morgan fingerprint density at radius 2 is 1.90 bits per heavy atom. The van der Waals surface area contributed by atoms with Gasteiger partial charge in [0.15, 0.2) is 11.6 Å². The van der Waals surface area contributed by atoms with Crippen LogP contribution in [0.3, 0.4) is 0 Å². The van der Waals surface area contributed by atoms with Crippen LogP contribution in [0.4, 0.5) is 19.0 Å². The maximum Gasteiger partial charge on any atom is 0.319 e. The van der Waals surface area contributed by atoms with Crippen LogP contribution in [0.1, 0.15) is 44.2 Å². The summed E-state index contributed by atoms with van der Waals surface area (Å²) in [4.78, 5) is 20.6. The molecule has 2 saturated heterocycles. The van der Waals surface area contributed by atoms with Gasteiger partial charge in [-0.1, -0.05) is 11.8 Å². The van der Waals surface area contributed by atoms with Gasteiger partial charge in [0.2, 0.25) is 0 Å². The number of aromatic nitrogens is 3. The molecule has 5 heterocycles. The number of anilines is 1. The van der Waals surface area contributed by atoms with Crippen LogP contribution >= 0.6 is 11.8 Å². The van der Waals surface area contributed by atoms with Crippen molar-refractivity contribution in [3.8, 4) is 12.1 Å². The molecular weight excluding hydrogens is 641 g/mol. The third-order valence-electron chi connectivity index (χ3n) is 11.5. The van der Waals surface area contributed by atoms with Gasteiger partial charge in [-0.3, -0.25) is 9.88 Å². The van der Waals surface area contributed by atoms with Crippen LogP contribution in [0, 0.1) is 28.5 Å². The number of fused-ring (bicyclic) bond motifs is 4. The van der Waals surface area contributed by atoms with Crippen LogP contribution in [0.15, 0.2) is 34.5 Å². The van der Waals surface area contributed by atoms with Gasteiger partial charge in [-0.2, -0.15) is 15.2 Å². The van der Waals surface area contributed by atoms with E-state index in [0.29, 0.717) is 36.4 Å². The average Bonchev–Trinajstić information content (AvgIpc) is 3.75. The molecule has 2 aromatic rings. The van der Waals surface area contributed by atoms with E-state index in [4.69, 9.17) is 20.2 Å². The van der Waals surface area contributed by atoms with Gasteiger partial charge in [-0.15, -0.1) is 0 Å². The number of likely N-dealkylation sites (N-methyl/N-ethyl adjacent to an activating group) is 2. The van der Waals surface area contributed by atoms with Gasteiger partial charge in [0.1, 0.15) is 22.9 Å². The van der Waals surface area contributed by atoms with E-state index in [1.165, 1.54) is 12.6 Å². The Morgan fingerprint density at radius 1 is 1.15 bits per heavy atom. The van der Waals surface area contributed by atoms with Gasteiger partial charge in [0.25, 0.3) is 0 Å². The molecule has 0 aromatic carbocycles. The molecule has 0 radical (unpaired) electrons. The molecule has 2 aromatic heterocycles.